The minimum Gasteiger partial charge on any atom is -0.465 e. The van der Waals surface area contributed by atoms with Crippen molar-refractivity contribution in [2.45, 2.75) is 33.4 Å². The number of benzene rings is 1. The zero-order chi connectivity index (χ0) is 14.4. The summed E-state index contributed by atoms with van der Waals surface area (Å²) >= 11 is 0. The summed E-state index contributed by atoms with van der Waals surface area (Å²) in [6.45, 7) is 6.43. The third kappa shape index (κ3) is 4.95. The molecule has 0 saturated heterocycles. The Bertz CT molecular complexity index is 435. The van der Waals surface area contributed by atoms with E-state index in [9.17, 15) is 13.6 Å². The van der Waals surface area contributed by atoms with Crippen LogP contribution in [-0.2, 0) is 16.1 Å². The molecule has 0 amide bonds. The maximum Gasteiger partial charge on any atom is 0.320 e. The molecule has 0 aromatic heterocycles. The first-order chi connectivity index (χ1) is 8.93. The van der Waals surface area contributed by atoms with E-state index in [4.69, 9.17) is 4.74 Å². The largest absolute Gasteiger partial charge is 0.465 e. The van der Waals surface area contributed by atoms with Gasteiger partial charge in [0.1, 0.15) is 0 Å². The molecule has 0 fully saturated rings. The van der Waals surface area contributed by atoms with Crippen molar-refractivity contribution >= 4 is 5.97 Å². The molecular weight excluding hydrogens is 252 g/mol. The van der Waals surface area contributed by atoms with E-state index in [-0.39, 0.29) is 18.6 Å². The Hall–Kier alpha value is -1.49. The third-order valence-corrected chi connectivity index (χ3v) is 2.74. The van der Waals surface area contributed by atoms with Gasteiger partial charge in [-0.2, -0.15) is 0 Å². The lowest BCUT2D eigenvalue weighted by Crippen LogP contribution is -2.36. The van der Waals surface area contributed by atoms with Crippen LogP contribution in [0.2, 0.25) is 0 Å². The molecule has 5 heteroatoms. The van der Waals surface area contributed by atoms with Crippen molar-refractivity contribution in [1.29, 1.82) is 0 Å². The maximum absolute atomic E-state index is 13.1. The molecule has 0 aliphatic heterocycles. The van der Waals surface area contributed by atoms with Crippen molar-refractivity contribution in [2.24, 2.45) is 0 Å². The second kappa shape index (κ2) is 7.19. The van der Waals surface area contributed by atoms with Gasteiger partial charge in [-0.3, -0.25) is 9.69 Å². The summed E-state index contributed by atoms with van der Waals surface area (Å²) in [5.74, 6) is -2.07. The normalized spacial score (nSPS) is 11.1. The van der Waals surface area contributed by atoms with Crippen LogP contribution in [0.5, 0.6) is 0 Å². The minimum atomic E-state index is -0.877. The number of halogens is 2. The molecule has 0 radical (unpaired) electrons. The molecule has 0 aliphatic carbocycles. The lowest BCUT2D eigenvalue weighted by molar-refractivity contribution is -0.145. The average Bonchev–Trinajstić information content (AvgIpc) is 2.33. The Balaban J connectivity index is 2.72. The fourth-order valence-corrected chi connectivity index (χ4v) is 1.67. The van der Waals surface area contributed by atoms with E-state index in [1.807, 2.05) is 18.7 Å². The molecule has 0 spiro atoms. The van der Waals surface area contributed by atoms with Crippen molar-refractivity contribution in [3.63, 3.8) is 0 Å². The highest BCUT2D eigenvalue weighted by molar-refractivity contribution is 5.71. The lowest BCUT2D eigenvalue weighted by Gasteiger charge is -2.25. The summed E-state index contributed by atoms with van der Waals surface area (Å²) in [5, 5.41) is 0. The SMILES string of the molecule is CCOC(=O)CN(Cc1ccc(F)c(F)c1)C(C)C. The molecule has 0 N–H and O–H groups in total. The fourth-order valence-electron chi connectivity index (χ4n) is 1.67. The number of hydrogen-bond donors (Lipinski definition) is 0. The average molecular weight is 271 g/mol. The predicted octanol–water partition coefficient (Wildman–Crippen LogP) is 2.74. The Labute approximate surface area is 112 Å². The van der Waals surface area contributed by atoms with Gasteiger partial charge in [0.15, 0.2) is 11.6 Å². The van der Waals surface area contributed by atoms with Crippen LogP contribution in [0.3, 0.4) is 0 Å². The van der Waals surface area contributed by atoms with Gasteiger partial charge in [-0.1, -0.05) is 6.07 Å². The first-order valence-electron chi connectivity index (χ1n) is 6.27. The second-order valence-electron chi connectivity index (χ2n) is 4.55. The van der Waals surface area contributed by atoms with Gasteiger partial charge < -0.3 is 4.74 Å². The topological polar surface area (TPSA) is 29.5 Å². The van der Waals surface area contributed by atoms with Crippen LogP contribution in [0.4, 0.5) is 8.78 Å². The highest BCUT2D eigenvalue weighted by Gasteiger charge is 2.16. The van der Waals surface area contributed by atoms with Crippen LogP contribution >= 0.6 is 0 Å². The lowest BCUT2D eigenvalue weighted by atomic mass is 10.2. The van der Waals surface area contributed by atoms with E-state index in [2.05, 4.69) is 0 Å². The Morgan fingerprint density at radius 1 is 1.32 bits per heavy atom. The quantitative estimate of drug-likeness (QED) is 0.745. The van der Waals surface area contributed by atoms with Crippen LogP contribution < -0.4 is 0 Å². The number of rotatable bonds is 6. The van der Waals surface area contributed by atoms with E-state index < -0.39 is 11.6 Å². The van der Waals surface area contributed by atoms with Crippen molar-refractivity contribution in [3.05, 3.63) is 35.4 Å². The molecule has 1 aromatic carbocycles. The fraction of sp³-hybridized carbons (Fsp3) is 0.500. The first-order valence-corrected chi connectivity index (χ1v) is 6.27. The van der Waals surface area contributed by atoms with Gasteiger partial charge in [0.05, 0.1) is 13.2 Å². The molecule has 19 heavy (non-hydrogen) atoms. The highest BCUT2D eigenvalue weighted by atomic mass is 19.2. The number of ether oxygens (including phenoxy) is 1. The molecule has 1 aromatic rings. The monoisotopic (exact) mass is 271 g/mol. The van der Waals surface area contributed by atoms with Gasteiger partial charge in [0.25, 0.3) is 0 Å². The smallest absolute Gasteiger partial charge is 0.320 e. The van der Waals surface area contributed by atoms with Gasteiger partial charge in [-0.15, -0.1) is 0 Å². The summed E-state index contributed by atoms with van der Waals surface area (Å²) < 4.78 is 30.9. The number of hydrogen-bond acceptors (Lipinski definition) is 3. The predicted molar refractivity (Wildman–Crippen MR) is 68.5 cm³/mol. The van der Waals surface area contributed by atoms with E-state index in [0.29, 0.717) is 18.7 Å². The molecule has 0 bridgehead atoms. The summed E-state index contributed by atoms with van der Waals surface area (Å²) in [4.78, 5) is 13.3. The van der Waals surface area contributed by atoms with Crippen molar-refractivity contribution < 1.29 is 18.3 Å². The maximum atomic E-state index is 13.1. The Morgan fingerprint density at radius 2 is 2.00 bits per heavy atom. The van der Waals surface area contributed by atoms with Crippen molar-refractivity contribution in [1.82, 2.24) is 4.90 Å². The van der Waals surface area contributed by atoms with Crippen LogP contribution in [-0.4, -0.2) is 30.1 Å². The number of carbonyl (C=O) groups is 1. The molecule has 3 nitrogen and oxygen atoms in total. The Kier molecular flexibility index (Phi) is 5.89. The van der Waals surface area contributed by atoms with Gasteiger partial charge in [-0.05, 0) is 38.5 Å². The van der Waals surface area contributed by atoms with E-state index in [1.165, 1.54) is 6.07 Å². The molecule has 1 rings (SSSR count). The van der Waals surface area contributed by atoms with Crippen LogP contribution in [0.25, 0.3) is 0 Å². The highest BCUT2D eigenvalue weighted by Crippen LogP contribution is 2.12. The molecule has 0 heterocycles. The van der Waals surface area contributed by atoms with Crippen molar-refractivity contribution in [3.8, 4) is 0 Å². The van der Waals surface area contributed by atoms with Crippen molar-refractivity contribution in [2.75, 3.05) is 13.2 Å². The van der Waals surface area contributed by atoms with Gasteiger partial charge in [0.2, 0.25) is 0 Å². The van der Waals surface area contributed by atoms with E-state index in [0.717, 1.165) is 12.1 Å². The van der Waals surface area contributed by atoms with Gasteiger partial charge >= 0.3 is 5.97 Å². The summed E-state index contributed by atoms with van der Waals surface area (Å²) in [6, 6.07) is 3.85. The molecule has 0 saturated carbocycles. The zero-order valence-corrected chi connectivity index (χ0v) is 11.5. The standard InChI is InChI=1S/C14H19F2NO2/c1-4-19-14(18)9-17(10(2)3)8-11-5-6-12(15)13(16)7-11/h5-7,10H,4,8-9H2,1-3H3. The van der Waals surface area contributed by atoms with Crippen LogP contribution in [0, 0.1) is 11.6 Å². The summed E-state index contributed by atoms with van der Waals surface area (Å²) in [6.07, 6.45) is 0. The van der Waals surface area contributed by atoms with Crippen LogP contribution in [0.1, 0.15) is 26.3 Å². The molecule has 106 valence electrons. The molecular formula is C14H19F2NO2. The summed E-state index contributed by atoms with van der Waals surface area (Å²) in [7, 11) is 0. The number of carbonyl (C=O) groups excluding carboxylic acids is 1. The molecule has 0 atom stereocenters. The third-order valence-electron chi connectivity index (χ3n) is 2.74. The van der Waals surface area contributed by atoms with E-state index in [1.54, 1.807) is 6.92 Å². The number of nitrogens with zero attached hydrogens (tertiary/aromatic N) is 1. The second-order valence-corrected chi connectivity index (χ2v) is 4.55. The number of esters is 1. The molecule has 0 aliphatic rings. The summed E-state index contributed by atoms with van der Waals surface area (Å²) in [5.41, 5.74) is 0.622. The van der Waals surface area contributed by atoms with Gasteiger partial charge in [0, 0.05) is 12.6 Å². The van der Waals surface area contributed by atoms with Crippen LogP contribution in [0.15, 0.2) is 18.2 Å². The molecule has 0 unspecified atom stereocenters. The Morgan fingerprint density at radius 3 is 2.53 bits per heavy atom. The zero-order valence-electron chi connectivity index (χ0n) is 11.5. The van der Waals surface area contributed by atoms with Gasteiger partial charge in [-0.25, -0.2) is 8.78 Å². The van der Waals surface area contributed by atoms with E-state index >= 15 is 0 Å². The minimum absolute atomic E-state index is 0.0949. The first kappa shape index (κ1) is 15.6.